The average molecular weight is 862 g/mol. The van der Waals surface area contributed by atoms with Crippen molar-refractivity contribution >= 4 is 17.5 Å². The van der Waals surface area contributed by atoms with E-state index in [-0.39, 0.29) is 63.6 Å². The number of allylic oxidation sites excluding steroid dienone is 2. The Morgan fingerprint density at radius 3 is 2.16 bits per heavy atom. The second-order valence-electron chi connectivity index (χ2n) is 23.5. The number of nitrogens with zero attached hydrogens (tertiary/aromatic N) is 1. The summed E-state index contributed by atoms with van der Waals surface area (Å²) in [6.45, 7) is 27.4. The smallest absolute Gasteiger partial charge is 0.306 e. The van der Waals surface area contributed by atoms with Crippen LogP contribution in [0.25, 0.3) is 0 Å². The Balaban J connectivity index is 1.25. The largest absolute Gasteiger partial charge is 0.462 e. The van der Waals surface area contributed by atoms with E-state index in [1.807, 2.05) is 19.9 Å². The molecule has 9 heteroatoms. The summed E-state index contributed by atoms with van der Waals surface area (Å²) < 4.78 is 17.7. The highest BCUT2D eigenvalue weighted by molar-refractivity contribution is 6.07. The van der Waals surface area contributed by atoms with Crippen LogP contribution in [0.4, 0.5) is 0 Å². The molecule has 5 aliphatic rings. The number of hydrogen-bond donors (Lipinski definition) is 2. The van der Waals surface area contributed by atoms with Crippen molar-refractivity contribution in [1.82, 2.24) is 4.90 Å². The van der Waals surface area contributed by atoms with Crippen molar-refractivity contribution < 1.29 is 38.8 Å². The maximum absolute atomic E-state index is 15.3. The van der Waals surface area contributed by atoms with Gasteiger partial charge in [0.15, 0.2) is 23.1 Å². The first-order valence-electron chi connectivity index (χ1n) is 24.1. The van der Waals surface area contributed by atoms with E-state index in [0.717, 1.165) is 76.3 Å². The summed E-state index contributed by atoms with van der Waals surface area (Å²) in [7, 11) is 1.66. The van der Waals surface area contributed by atoms with E-state index in [0.29, 0.717) is 38.0 Å². The number of methoxy groups -OCH3 is 1. The lowest BCUT2D eigenvalue weighted by atomic mass is 9.33. The van der Waals surface area contributed by atoms with Crippen molar-refractivity contribution in [1.29, 1.82) is 0 Å². The first-order valence-corrected chi connectivity index (χ1v) is 24.1. The van der Waals surface area contributed by atoms with Gasteiger partial charge in [0.05, 0.1) is 25.0 Å². The molecule has 0 saturated heterocycles. The van der Waals surface area contributed by atoms with Crippen LogP contribution in [-0.2, 0) is 35.1 Å². The highest BCUT2D eigenvalue weighted by Gasteiger charge is 2.71. The van der Waals surface area contributed by atoms with Gasteiger partial charge in [0.25, 0.3) is 0 Å². The van der Waals surface area contributed by atoms with Gasteiger partial charge in [-0.2, -0.15) is 0 Å². The third-order valence-corrected chi connectivity index (χ3v) is 18.5. The minimum atomic E-state index is -2.00. The maximum atomic E-state index is 15.3. The summed E-state index contributed by atoms with van der Waals surface area (Å²) >= 11 is 0. The number of hydrogen-bond acceptors (Lipinski definition) is 9. The summed E-state index contributed by atoms with van der Waals surface area (Å²) in [5.74, 6) is -1.57. The van der Waals surface area contributed by atoms with Crippen LogP contribution in [0.3, 0.4) is 0 Å². The fourth-order valence-corrected chi connectivity index (χ4v) is 14.1. The van der Waals surface area contributed by atoms with Crippen LogP contribution in [0.2, 0.25) is 0 Å². The Hall–Kier alpha value is -2.43. The van der Waals surface area contributed by atoms with Gasteiger partial charge in [-0.15, -0.1) is 0 Å². The van der Waals surface area contributed by atoms with Gasteiger partial charge >= 0.3 is 5.97 Å². The molecular formula is C53H83NO8. The summed E-state index contributed by atoms with van der Waals surface area (Å²) in [5.41, 5.74) is 1.23. The molecule has 0 aliphatic heterocycles. The molecule has 2 N–H and O–H groups in total. The fourth-order valence-electron chi connectivity index (χ4n) is 14.1. The second-order valence-corrected chi connectivity index (χ2v) is 23.5. The Kier molecular flexibility index (Phi) is 13.8. The maximum Gasteiger partial charge on any atom is 0.306 e. The first kappa shape index (κ1) is 49.0. The van der Waals surface area contributed by atoms with Crippen molar-refractivity contribution in [2.45, 2.75) is 184 Å². The van der Waals surface area contributed by atoms with Gasteiger partial charge in [0.2, 0.25) is 0 Å². The molecule has 0 heterocycles. The van der Waals surface area contributed by atoms with E-state index in [9.17, 15) is 19.8 Å². The standard InChI is InChI=1S/C53H83NO8/c1-35(2)44-38(55)31-53(41(56)34-54(33-36-19-15-14-16-20-36)29-17-18-30-61-48(7,8)60-13)28-27-50(10)37(45(44)53)21-22-40-49(9)25-24-42(47(5,6)39(49)23-26-51(40,50)11)62-43(57)32-46(3,4)52(12,58)59/h14-16,19-20,35,37,39-40,42,58-59H,17-18,21-34H2,1-13H3/t37-,39+,40-,42+,49+,50-,51-,53+/m1/s1. The zero-order valence-corrected chi connectivity index (χ0v) is 40.9. The van der Waals surface area contributed by atoms with E-state index >= 15 is 4.79 Å². The Labute approximate surface area is 374 Å². The van der Waals surface area contributed by atoms with Crippen molar-refractivity contribution in [2.75, 3.05) is 26.8 Å². The number of esters is 1. The number of carbonyl (C=O) groups is 3. The molecule has 8 atom stereocenters. The second kappa shape index (κ2) is 17.4. The van der Waals surface area contributed by atoms with E-state index in [1.165, 1.54) is 18.1 Å². The zero-order valence-electron chi connectivity index (χ0n) is 40.9. The lowest BCUT2D eigenvalue weighted by molar-refractivity contribution is -0.239. The molecule has 0 spiro atoms. The quantitative estimate of drug-likeness (QED) is 0.0895. The number of unbranched alkanes of at least 4 members (excludes halogenated alkanes) is 1. The lowest BCUT2D eigenvalue weighted by Crippen LogP contribution is -2.66. The molecule has 1 aromatic carbocycles. The van der Waals surface area contributed by atoms with Crippen molar-refractivity contribution in [3.63, 3.8) is 0 Å². The lowest BCUT2D eigenvalue weighted by Gasteiger charge is -2.72. The Morgan fingerprint density at radius 2 is 1.53 bits per heavy atom. The van der Waals surface area contributed by atoms with Gasteiger partial charge in [-0.1, -0.05) is 92.6 Å². The number of fused-ring (bicyclic) bond motifs is 7. The van der Waals surface area contributed by atoms with Crippen LogP contribution in [0, 0.1) is 56.2 Å². The summed E-state index contributed by atoms with van der Waals surface area (Å²) in [4.78, 5) is 45.4. The molecule has 1 aromatic rings. The molecule has 4 saturated carbocycles. The summed E-state index contributed by atoms with van der Waals surface area (Å²) in [5, 5.41) is 20.7. The van der Waals surface area contributed by atoms with Gasteiger partial charge < -0.3 is 24.4 Å². The molecular weight excluding hydrogens is 779 g/mol. The number of aliphatic hydroxyl groups is 2. The number of ether oxygens (including phenoxy) is 3. The number of rotatable bonds is 17. The van der Waals surface area contributed by atoms with Gasteiger partial charge in [0.1, 0.15) is 6.10 Å². The van der Waals surface area contributed by atoms with Crippen LogP contribution in [-0.4, -0.2) is 77.1 Å². The number of benzene rings is 1. The third-order valence-electron chi connectivity index (χ3n) is 18.5. The number of carbonyl (C=O) groups excluding carboxylic acids is 3. The van der Waals surface area contributed by atoms with Crippen LogP contribution >= 0.6 is 0 Å². The molecule has 0 bridgehead atoms. The molecule has 348 valence electrons. The van der Waals surface area contributed by atoms with E-state index in [2.05, 4.69) is 77.6 Å². The fraction of sp³-hybridized carbons (Fsp3) is 0.792. The van der Waals surface area contributed by atoms with Crippen LogP contribution < -0.4 is 0 Å². The molecule has 5 aliphatic carbocycles. The Bertz CT molecular complexity index is 1840. The van der Waals surface area contributed by atoms with Crippen LogP contribution in [0.15, 0.2) is 41.5 Å². The summed E-state index contributed by atoms with van der Waals surface area (Å²) in [6.07, 6.45) is 9.26. The summed E-state index contributed by atoms with van der Waals surface area (Å²) in [6, 6.07) is 10.4. The number of ketones is 2. The molecule has 9 nitrogen and oxygen atoms in total. The molecule has 0 unspecified atom stereocenters. The highest BCUT2D eigenvalue weighted by Crippen LogP contribution is 2.77. The molecule has 0 amide bonds. The topological polar surface area (TPSA) is 123 Å². The van der Waals surface area contributed by atoms with Gasteiger partial charge in [-0.25, -0.2) is 0 Å². The molecule has 6 rings (SSSR count). The monoisotopic (exact) mass is 862 g/mol. The normalized spacial score (nSPS) is 33.5. The van der Waals surface area contributed by atoms with Crippen molar-refractivity contribution in [2.24, 2.45) is 56.2 Å². The SMILES string of the molecule is COC(C)(C)OCCCCN(CC(=O)[C@@]12CC[C@]3(C)[C@H](CC[C@@H]4[C@@]5(C)CC[C@H](OC(=O)CC(C)(C)C(C)(O)O)C(C)(C)[C@@H]5CC[C@]43C)C1=C(C(C)C)C(=O)C2)Cc1ccccc1. The predicted molar refractivity (Wildman–Crippen MR) is 244 cm³/mol. The van der Waals surface area contributed by atoms with Crippen molar-refractivity contribution in [3.8, 4) is 0 Å². The zero-order chi connectivity index (χ0) is 45.9. The third kappa shape index (κ3) is 8.69. The van der Waals surface area contributed by atoms with Crippen LogP contribution in [0.1, 0.15) is 166 Å². The van der Waals surface area contributed by atoms with E-state index in [4.69, 9.17) is 14.2 Å². The average Bonchev–Trinajstić information content (AvgIpc) is 3.49. The molecule has 62 heavy (non-hydrogen) atoms. The predicted octanol–water partition coefficient (Wildman–Crippen LogP) is 10.2. The first-order chi connectivity index (χ1) is 28.7. The van der Waals surface area contributed by atoms with E-state index in [1.54, 1.807) is 21.0 Å². The molecule has 0 radical (unpaired) electrons. The molecule has 0 aromatic heterocycles. The molecule has 4 fully saturated rings. The van der Waals surface area contributed by atoms with Gasteiger partial charge in [0, 0.05) is 30.9 Å². The van der Waals surface area contributed by atoms with Gasteiger partial charge in [-0.3, -0.25) is 19.3 Å². The minimum absolute atomic E-state index is 0.00618. The van der Waals surface area contributed by atoms with Gasteiger partial charge in [-0.05, 0) is 148 Å². The van der Waals surface area contributed by atoms with E-state index < -0.39 is 22.4 Å². The highest BCUT2D eigenvalue weighted by atomic mass is 16.7. The van der Waals surface area contributed by atoms with Crippen molar-refractivity contribution in [3.05, 3.63) is 47.0 Å². The minimum Gasteiger partial charge on any atom is -0.462 e. The number of Topliss-reactive ketones (excluding diaryl/α,β-unsaturated/α-hetero) is 2. The van der Waals surface area contributed by atoms with Crippen LogP contribution in [0.5, 0.6) is 0 Å². The Morgan fingerprint density at radius 1 is 0.855 bits per heavy atom.